The van der Waals surface area contributed by atoms with Crippen LogP contribution in [-0.2, 0) is 4.74 Å². The van der Waals surface area contributed by atoms with E-state index in [1.807, 2.05) is 19.9 Å². The molecule has 0 heterocycles. The molecule has 0 aliphatic rings. The van der Waals surface area contributed by atoms with Gasteiger partial charge in [0.05, 0.1) is 18.3 Å². The number of allylic oxidation sites excluding steroid dienone is 1. The average Bonchev–Trinajstić information content (AvgIpc) is 2.13. The lowest BCUT2D eigenvalue weighted by atomic mass is 9.96. The van der Waals surface area contributed by atoms with Gasteiger partial charge in [0.1, 0.15) is 0 Å². The zero-order chi connectivity index (χ0) is 11.9. The number of rotatable bonds is 7. The van der Waals surface area contributed by atoms with Crippen molar-refractivity contribution in [1.29, 1.82) is 0 Å². The van der Waals surface area contributed by atoms with Gasteiger partial charge in [-0.05, 0) is 40.5 Å². The molecule has 0 aromatic heterocycles. The highest BCUT2D eigenvalue weighted by atomic mass is 16.5. The van der Waals surface area contributed by atoms with E-state index in [4.69, 9.17) is 4.74 Å². The summed E-state index contributed by atoms with van der Waals surface area (Å²) in [6.45, 7) is 8.56. The fourth-order valence-corrected chi connectivity index (χ4v) is 1.14. The molecular weight excluding hydrogens is 192 g/mol. The van der Waals surface area contributed by atoms with Crippen molar-refractivity contribution in [3.8, 4) is 0 Å². The number of hydrogen-bond acceptors (Lipinski definition) is 3. The Labute approximate surface area is 92.8 Å². The van der Waals surface area contributed by atoms with Crippen molar-refractivity contribution in [2.45, 2.75) is 52.2 Å². The molecule has 90 valence electrons. The first-order valence-electron chi connectivity index (χ1n) is 5.51. The molecule has 0 bridgehead atoms. The van der Waals surface area contributed by atoms with Gasteiger partial charge in [0.25, 0.3) is 0 Å². The average molecular weight is 216 g/mol. The number of aliphatic hydroxyl groups excluding tert-OH is 1. The largest absolute Gasteiger partial charge is 0.390 e. The fourth-order valence-electron chi connectivity index (χ4n) is 1.14. The van der Waals surface area contributed by atoms with Gasteiger partial charge in [-0.3, -0.25) is 0 Å². The summed E-state index contributed by atoms with van der Waals surface area (Å²) in [6, 6.07) is 0. The monoisotopic (exact) mass is 216 g/mol. The number of hydrogen-bond donors (Lipinski definition) is 2. The first-order chi connectivity index (χ1) is 6.88. The van der Waals surface area contributed by atoms with Crippen LogP contribution in [-0.4, -0.2) is 35.1 Å². The summed E-state index contributed by atoms with van der Waals surface area (Å²) < 4.78 is 5.19. The second kappa shape index (κ2) is 6.99. The van der Waals surface area contributed by atoms with E-state index in [1.165, 1.54) is 5.57 Å². The van der Waals surface area contributed by atoms with Crippen molar-refractivity contribution in [1.82, 2.24) is 0 Å². The van der Waals surface area contributed by atoms with Crippen molar-refractivity contribution in [2.75, 3.05) is 13.2 Å². The highest BCUT2D eigenvalue weighted by Crippen LogP contribution is 2.16. The van der Waals surface area contributed by atoms with Crippen LogP contribution in [0.3, 0.4) is 0 Å². The Morgan fingerprint density at radius 2 is 2.07 bits per heavy atom. The van der Waals surface area contributed by atoms with Gasteiger partial charge in [-0.25, -0.2) is 0 Å². The summed E-state index contributed by atoms with van der Waals surface area (Å²) in [5.41, 5.74) is 0.173. The van der Waals surface area contributed by atoms with E-state index in [9.17, 15) is 10.2 Å². The van der Waals surface area contributed by atoms with Crippen LogP contribution in [0.15, 0.2) is 11.6 Å². The minimum Gasteiger partial charge on any atom is -0.390 e. The van der Waals surface area contributed by atoms with Crippen molar-refractivity contribution in [3.63, 3.8) is 0 Å². The molecule has 0 amide bonds. The van der Waals surface area contributed by atoms with E-state index in [0.717, 1.165) is 13.0 Å². The summed E-state index contributed by atoms with van der Waals surface area (Å²) in [6.07, 6.45) is 2.71. The Kier molecular flexibility index (Phi) is 6.81. The molecule has 3 nitrogen and oxygen atoms in total. The molecule has 0 saturated heterocycles. The van der Waals surface area contributed by atoms with Gasteiger partial charge in [0.2, 0.25) is 0 Å². The molecule has 0 fully saturated rings. The van der Waals surface area contributed by atoms with Crippen LogP contribution in [0.4, 0.5) is 0 Å². The van der Waals surface area contributed by atoms with Gasteiger partial charge in [-0.15, -0.1) is 0 Å². The van der Waals surface area contributed by atoms with E-state index >= 15 is 0 Å². The molecule has 0 aromatic rings. The van der Waals surface area contributed by atoms with Gasteiger partial charge in [-0.2, -0.15) is 0 Å². The van der Waals surface area contributed by atoms with Crippen LogP contribution in [0.1, 0.15) is 40.5 Å². The van der Waals surface area contributed by atoms with Crippen LogP contribution >= 0.6 is 0 Å². The maximum absolute atomic E-state index is 9.60. The molecular formula is C12H24O3. The van der Waals surface area contributed by atoms with Crippen LogP contribution in [0.5, 0.6) is 0 Å². The minimum atomic E-state index is -1.01. The molecule has 15 heavy (non-hydrogen) atoms. The normalized spacial score (nSPS) is 15.5. The molecule has 0 spiro atoms. The Morgan fingerprint density at radius 3 is 2.53 bits per heavy atom. The molecule has 0 aliphatic heterocycles. The second-order valence-electron chi connectivity index (χ2n) is 4.42. The van der Waals surface area contributed by atoms with Gasteiger partial charge >= 0.3 is 0 Å². The maximum Gasteiger partial charge on any atom is 0.0849 e. The van der Waals surface area contributed by atoms with E-state index in [1.54, 1.807) is 13.8 Å². The van der Waals surface area contributed by atoms with E-state index < -0.39 is 11.7 Å². The van der Waals surface area contributed by atoms with E-state index in [2.05, 4.69) is 0 Å². The van der Waals surface area contributed by atoms with Gasteiger partial charge in [0, 0.05) is 6.61 Å². The summed E-state index contributed by atoms with van der Waals surface area (Å²) >= 11 is 0. The zero-order valence-corrected chi connectivity index (χ0v) is 10.3. The van der Waals surface area contributed by atoms with Crippen molar-refractivity contribution < 1.29 is 14.9 Å². The number of aliphatic hydroxyl groups is 2. The maximum atomic E-state index is 9.60. The molecule has 1 atom stereocenters. The van der Waals surface area contributed by atoms with Crippen molar-refractivity contribution in [3.05, 3.63) is 11.6 Å². The highest BCUT2D eigenvalue weighted by Gasteiger charge is 2.23. The summed E-state index contributed by atoms with van der Waals surface area (Å²) in [7, 11) is 0. The molecule has 0 radical (unpaired) electrons. The molecule has 1 unspecified atom stereocenters. The van der Waals surface area contributed by atoms with Crippen LogP contribution in [0.25, 0.3) is 0 Å². The van der Waals surface area contributed by atoms with Gasteiger partial charge < -0.3 is 14.9 Å². The third-order valence-electron chi connectivity index (χ3n) is 2.38. The smallest absolute Gasteiger partial charge is 0.0849 e. The summed E-state index contributed by atoms with van der Waals surface area (Å²) in [5.74, 6) is 0. The third-order valence-corrected chi connectivity index (χ3v) is 2.38. The Bertz CT molecular complexity index is 192. The summed E-state index contributed by atoms with van der Waals surface area (Å²) in [4.78, 5) is 0. The second-order valence-corrected chi connectivity index (χ2v) is 4.42. The topological polar surface area (TPSA) is 49.7 Å². The van der Waals surface area contributed by atoms with Crippen molar-refractivity contribution >= 4 is 0 Å². The molecule has 0 aliphatic carbocycles. The summed E-state index contributed by atoms with van der Waals surface area (Å²) in [5, 5.41) is 19.1. The zero-order valence-electron chi connectivity index (χ0n) is 10.3. The van der Waals surface area contributed by atoms with Gasteiger partial charge in [-0.1, -0.05) is 11.6 Å². The number of ether oxygens (including phenoxy) is 1. The van der Waals surface area contributed by atoms with Crippen LogP contribution in [0.2, 0.25) is 0 Å². The quantitative estimate of drug-likeness (QED) is 0.504. The third kappa shape index (κ3) is 7.54. The Morgan fingerprint density at radius 1 is 1.47 bits per heavy atom. The van der Waals surface area contributed by atoms with E-state index in [-0.39, 0.29) is 0 Å². The van der Waals surface area contributed by atoms with E-state index in [0.29, 0.717) is 13.0 Å². The molecule has 3 heteroatoms. The first-order valence-corrected chi connectivity index (χ1v) is 5.51. The fraction of sp³-hybridized carbons (Fsp3) is 0.833. The molecule has 2 N–H and O–H groups in total. The molecule has 0 aromatic carbocycles. The standard InChI is InChI=1S/C12H24O3/c1-5-15-9-8-10(2)6-7-11(13)12(3,4)14/h8,11,13-14H,5-7,9H2,1-4H3. The van der Waals surface area contributed by atoms with Crippen LogP contribution < -0.4 is 0 Å². The Balaban J connectivity index is 3.80. The van der Waals surface area contributed by atoms with Crippen LogP contribution in [0, 0.1) is 0 Å². The first kappa shape index (κ1) is 14.6. The molecule has 0 saturated carbocycles. The lowest BCUT2D eigenvalue weighted by molar-refractivity contribution is -0.0509. The predicted molar refractivity (Wildman–Crippen MR) is 61.8 cm³/mol. The Hall–Kier alpha value is -0.380. The lowest BCUT2D eigenvalue weighted by Gasteiger charge is -2.24. The highest BCUT2D eigenvalue weighted by molar-refractivity contribution is 4.99. The predicted octanol–water partition coefficient (Wildman–Crippen LogP) is 1.88. The minimum absolute atomic E-state index is 0.581. The van der Waals surface area contributed by atoms with Crippen molar-refractivity contribution in [2.24, 2.45) is 0 Å². The molecule has 0 rings (SSSR count). The lowest BCUT2D eigenvalue weighted by Crippen LogP contribution is -2.35. The van der Waals surface area contributed by atoms with Gasteiger partial charge in [0.15, 0.2) is 0 Å². The SMILES string of the molecule is CCOCC=C(C)CCC(O)C(C)(C)O.